The maximum atomic E-state index is 12.8. The number of nitrogens with zero attached hydrogens (tertiary/aromatic N) is 5. The van der Waals surface area contributed by atoms with Gasteiger partial charge in [-0.1, -0.05) is 36.0 Å². The molecule has 0 radical (unpaired) electrons. The number of carbonyl (C=O) groups is 1. The Morgan fingerprint density at radius 1 is 0.921 bits per heavy atom. The summed E-state index contributed by atoms with van der Waals surface area (Å²) in [6, 6.07) is 27.7. The monoisotopic (exact) mass is 534 g/mol. The first kappa shape index (κ1) is 24.0. The average molecular weight is 535 g/mol. The number of thioether (sulfide) groups is 1. The van der Waals surface area contributed by atoms with Crippen molar-refractivity contribution in [2.45, 2.75) is 12.1 Å². The number of carbonyl (C=O) groups excluding carboxylic acids is 1. The first-order chi connectivity index (χ1) is 18.6. The van der Waals surface area contributed by atoms with E-state index >= 15 is 0 Å². The van der Waals surface area contributed by atoms with E-state index in [-0.39, 0.29) is 11.7 Å². The van der Waals surface area contributed by atoms with E-state index in [1.54, 1.807) is 23.7 Å². The van der Waals surface area contributed by atoms with Gasteiger partial charge in [0.25, 0.3) is 0 Å². The van der Waals surface area contributed by atoms with E-state index in [1.807, 2.05) is 71.3 Å². The molecule has 6 rings (SSSR count). The highest BCUT2D eigenvalue weighted by Gasteiger charge is 2.17. The van der Waals surface area contributed by atoms with Crippen LogP contribution in [0.3, 0.4) is 0 Å². The van der Waals surface area contributed by atoms with Gasteiger partial charge >= 0.3 is 0 Å². The van der Waals surface area contributed by atoms with E-state index in [4.69, 9.17) is 4.98 Å². The van der Waals surface area contributed by atoms with Crippen LogP contribution in [0.5, 0.6) is 0 Å². The first-order valence-electron chi connectivity index (χ1n) is 12.0. The summed E-state index contributed by atoms with van der Waals surface area (Å²) in [6.07, 6.45) is 3.45. The number of para-hydroxylation sites is 1. The highest BCUT2D eigenvalue weighted by molar-refractivity contribution is 7.99. The van der Waals surface area contributed by atoms with Crippen molar-refractivity contribution in [2.24, 2.45) is 0 Å². The standard InChI is InChI=1S/C29H22N6OS2/c1-19-7-12-24-25(17-19)38-28(32-24)21-8-10-22(11-9-21)31-26(36)18-37-29-34-33-27(20-13-15-30-16-14-20)35(29)23-5-3-2-4-6-23/h2-17H,18H2,1H3,(H,31,36). The highest BCUT2D eigenvalue weighted by Crippen LogP contribution is 2.32. The molecule has 0 saturated carbocycles. The highest BCUT2D eigenvalue weighted by atomic mass is 32.2. The van der Waals surface area contributed by atoms with Crippen molar-refractivity contribution in [1.82, 2.24) is 24.7 Å². The summed E-state index contributed by atoms with van der Waals surface area (Å²) in [7, 11) is 0. The number of thiazole rings is 1. The maximum Gasteiger partial charge on any atom is 0.234 e. The molecule has 0 fully saturated rings. The van der Waals surface area contributed by atoms with Crippen molar-refractivity contribution in [3.05, 3.63) is 103 Å². The summed E-state index contributed by atoms with van der Waals surface area (Å²) in [5.41, 5.74) is 5.80. The Morgan fingerprint density at radius 3 is 2.50 bits per heavy atom. The molecule has 0 bridgehead atoms. The van der Waals surface area contributed by atoms with Crippen molar-refractivity contribution in [2.75, 3.05) is 11.1 Å². The molecule has 0 aliphatic heterocycles. The van der Waals surface area contributed by atoms with Gasteiger partial charge in [0.15, 0.2) is 11.0 Å². The molecule has 38 heavy (non-hydrogen) atoms. The molecule has 0 aliphatic rings. The molecule has 186 valence electrons. The number of hydrogen-bond acceptors (Lipinski definition) is 7. The molecule has 9 heteroatoms. The van der Waals surface area contributed by atoms with Crippen LogP contribution in [-0.4, -0.2) is 36.4 Å². The number of benzene rings is 3. The summed E-state index contributed by atoms with van der Waals surface area (Å²) in [5.74, 6) is 0.772. The lowest BCUT2D eigenvalue weighted by Crippen LogP contribution is -2.14. The number of hydrogen-bond donors (Lipinski definition) is 1. The lowest BCUT2D eigenvalue weighted by molar-refractivity contribution is -0.113. The molecular weight excluding hydrogens is 512 g/mol. The van der Waals surface area contributed by atoms with E-state index in [0.29, 0.717) is 11.0 Å². The fraction of sp³-hybridized carbons (Fsp3) is 0.0690. The second-order valence-electron chi connectivity index (χ2n) is 8.62. The van der Waals surface area contributed by atoms with Gasteiger partial charge in [-0.3, -0.25) is 14.3 Å². The lowest BCUT2D eigenvalue weighted by Gasteiger charge is -2.10. The van der Waals surface area contributed by atoms with Crippen LogP contribution in [0.4, 0.5) is 5.69 Å². The largest absolute Gasteiger partial charge is 0.325 e. The molecule has 3 aromatic heterocycles. The predicted molar refractivity (Wildman–Crippen MR) is 154 cm³/mol. The van der Waals surface area contributed by atoms with Crippen molar-refractivity contribution in [1.29, 1.82) is 0 Å². The van der Waals surface area contributed by atoms with Gasteiger partial charge in [0.2, 0.25) is 5.91 Å². The number of pyridine rings is 1. The van der Waals surface area contributed by atoms with Crippen LogP contribution in [0, 0.1) is 6.92 Å². The maximum absolute atomic E-state index is 12.8. The van der Waals surface area contributed by atoms with Gasteiger partial charge in [-0.2, -0.15) is 0 Å². The van der Waals surface area contributed by atoms with Crippen molar-refractivity contribution in [3.8, 4) is 27.6 Å². The zero-order valence-electron chi connectivity index (χ0n) is 20.4. The van der Waals surface area contributed by atoms with Crippen LogP contribution in [0.2, 0.25) is 0 Å². The number of anilines is 1. The number of amides is 1. The van der Waals surface area contributed by atoms with Crippen molar-refractivity contribution >= 4 is 44.9 Å². The SMILES string of the molecule is Cc1ccc2nc(-c3ccc(NC(=O)CSc4nnc(-c5ccncc5)n4-c4ccccc4)cc3)sc2c1. The van der Waals surface area contributed by atoms with Crippen molar-refractivity contribution < 1.29 is 4.79 Å². The van der Waals surface area contributed by atoms with Gasteiger partial charge in [0.1, 0.15) is 5.01 Å². The molecule has 1 N–H and O–H groups in total. The summed E-state index contributed by atoms with van der Waals surface area (Å²) in [4.78, 5) is 21.6. The van der Waals surface area contributed by atoms with Crippen LogP contribution >= 0.6 is 23.1 Å². The second-order valence-corrected chi connectivity index (χ2v) is 10.6. The third-order valence-electron chi connectivity index (χ3n) is 5.88. The van der Waals surface area contributed by atoms with Crippen molar-refractivity contribution in [3.63, 3.8) is 0 Å². The quantitative estimate of drug-likeness (QED) is 0.231. The lowest BCUT2D eigenvalue weighted by atomic mass is 10.2. The molecule has 1 amide bonds. The average Bonchev–Trinajstić information content (AvgIpc) is 3.57. The Balaban J connectivity index is 1.16. The topological polar surface area (TPSA) is 85.6 Å². The normalized spacial score (nSPS) is 11.1. The van der Waals surface area contributed by atoms with Crippen LogP contribution in [-0.2, 0) is 4.79 Å². The fourth-order valence-electron chi connectivity index (χ4n) is 4.04. The van der Waals surface area contributed by atoms with Gasteiger partial charge < -0.3 is 5.32 Å². The van der Waals surface area contributed by atoms with Crippen LogP contribution < -0.4 is 5.32 Å². The molecular formula is C29H22N6OS2. The van der Waals surface area contributed by atoms with E-state index in [2.05, 4.69) is 45.6 Å². The summed E-state index contributed by atoms with van der Waals surface area (Å²) < 4.78 is 3.13. The molecule has 0 spiro atoms. The third kappa shape index (κ3) is 5.06. The van der Waals surface area contributed by atoms with Crippen LogP contribution in [0.25, 0.3) is 37.9 Å². The van der Waals surface area contributed by atoms with Gasteiger partial charge in [0.05, 0.1) is 16.0 Å². The van der Waals surface area contributed by atoms with Gasteiger partial charge in [-0.05, 0) is 73.2 Å². The van der Waals surface area contributed by atoms with Gasteiger partial charge in [-0.25, -0.2) is 4.98 Å². The predicted octanol–water partition coefficient (Wildman–Crippen LogP) is 6.65. The Labute approximate surface area is 227 Å². The zero-order valence-corrected chi connectivity index (χ0v) is 22.0. The minimum atomic E-state index is -0.119. The number of aryl methyl sites for hydroxylation is 1. The fourth-order valence-corrected chi connectivity index (χ4v) is 5.86. The van der Waals surface area contributed by atoms with Crippen LogP contribution in [0.1, 0.15) is 5.56 Å². The van der Waals surface area contributed by atoms with Gasteiger partial charge in [-0.15, -0.1) is 21.5 Å². The first-order valence-corrected chi connectivity index (χ1v) is 13.8. The molecule has 0 unspecified atom stereocenters. The Kier molecular flexibility index (Phi) is 6.68. The number of nitrogens with one attached hydrogen (secondary N) is 1. The molecule has 0 saturated heterocycles. The second kappa shape index (κ2) is 10.6. The Hall–Kier alpha value is -4.34. The summed E-state index contributed by atoms with van der Waals surface area (Å²) in [5, 5.41) is 13.4. The number of rotatable bonds is 7. The molecule has 0 aliphatic carbocycles. The minimum absolute atomic E-state index is 0.119. The van der Waals surface area contributed by atoms with E-state index in [9.17, 15) is 4.79 Å². The number of aromatic nitrogens is 5. The van der Waals surface area contributed by atoms with Gasteiger partial charge in [0, 0.05) is 34.9 Å². The van der Waals surface area contributed by atoms with Crippen LogP contribution in [0.15, 0.2) is 102 Å². The van der Waals surface area contributed by atoms with E-state index < -0.39 is 0 Å². The molecule has 7 nitrogen and oxygen atoms in total. The molecule has 3 aromatic carbocycles. The third-order valence-corrected chi connectivity index (χ3v) is 7.87. The molecule has 0 atom stereocenters. The van der Waals surface area contributed by atoms with E-state index in [0.717, 1.165) is 33.0 Å². The Bertz CT molecular complexity index is 1710. The smallest absolute Gasteiger partial charge is 0.234 e. The number of fused-ring (bicyclic) bond motifs is 1. The zero-order chi connectivity index (χ0) is 25.9. The minimum Gasteiger partial charge on any atom is -0.325 e. The van der Waals surface area contributed by atoms with E-state index in [1.165, 1.54) is 22.0 Å². The molecule has 6 aromatic rings. The molecule has 3 heterocycles. The Morgan fingerprint density at radius 2 is 1.71 bits per heavy atom. The summed E-state index contributed by atoms with van der Waals surface area (Å²) in [6.45, 7) is 2.08. The summed E-state index contributed by atoms with van der Waals surface area (Å²) >= 11 is 3.01.